The molecule has 0 spiro atoms. The average molecular weight is 251 g/mol. The van der Waals surface area contributed by atoms with Crippen molar-refractivity contribution >= 4 is 0 Å². The Morgan fingerprint density at radius 3 is 2.74 bits per heavy atom. The monoisotopic (exact) mass is 251 g/mol. The van der Waals surface area contributed by atoms with Crippen LogP contribution in [-0.2, 0) is 6.42 Å². The standard InChI is InChI=1S/C16H17N3/c1-2-4-11(5-3-1)10-15-17-16(19-18-15)14-9-12-6-7-13(14)8-12/h1-7,12-14H,8-10H2,(H,17,18,19)/t12-,13+,14-/m1/s1. The lowest BCUT2D eigenvalue weighted by molar-refractivity contribution is 0.554. The van der Waals surface area contributed by atoms with E-state index in [2.05, 4.69) is 46.6 Å². The highest BCUT2D eigenvalue weighted by Gasteiger charge is 2.38. The van der Waals surface area contributed by atoms with Crippen LogP contribution in [0.15, 0.2) is 42.5 Å². The molecule has 19 heavy (non-hydrogen) atoms. The molecule has 4 rings (SSSR count). The molecule has 2 bridgehead atoms. The van der Waals surface area contributed by atoms with Gasteiger partial charge in [0.05, 0.1) is 0 Å². The lowest BCUT2D eigenvalue weighted by Gasteiger charge is -2.13. The third-order valence-corrected chi connectivity index (χ3v) is 4.37. The summed E-state index contributed by atoms with van der Waals surface area (Å²) in [5.74, 6) is 3.97. The van der Waals surface area contributed by atoms with Crippen molar-refractivity contribution < 1.29 is 0 Å². The topological polar surface area (TPSA) is 41.6 Å². The van der Waals surface area contributed by atoms with Crippen LogP contribution < -0.4 is 0 Å². The summed E-state index contributed by atoms with van der Waals surface area (Å²) in [7, 11) is 0. The molecule has 1 N–H and O–H groups in total. The maximum Gasteiger partial charge on any atom is 0.154 e. The van der Waals surface area contributed by atoms with Crippen molar-refractivity contribution in [3.8, 4) is 0 Å². The van der Waals surface area contributed by atoms with Crippen LogP contribution in [0.4, 0.5) is 0 Å². The minimum absolute atomic E-state index is 0.538. The van der Waals surface area contributed by atoms with E-state index in [4.69, 9.17) is 4.98 Å². The molecule has 96 valence electrons. The molecule has 3 atom stereocenters. The largest absolute Gasteiger partial charge is 0.263 e. The van der Waals surface area contributed by atoms with Crippen molar-refractivity contribution in [3.63, 3.8) is 0 Å². The quantitative estimate of drug-likeness (QED) is 0.852. The SMILES string of the molecule is C1=C[C@H]2C[C@@H]1C[C@H]2c1n[nH]c(Cc2ccccc2)n1. The fraction of sp³-hybridized carbons (Fsp3) is 0.375. The van der Waals surface area contributed by atoms with Crippen molar-refractivity contribution in [1.29, 1.82) is 0 Å². The van der Waals surface area contributed by atoms with E-state index in [1.807, 2.05) is 6.07 Å². The third kappa shape index (κ3) is 1.99. The minimum atomic E-state index is 0.538. The van der Waals surface area contributed by atoms with Gasteiger partial charge in [0.15, 0.2) is 5.82 Å². The predicted octanol–water partition coefficient (Wildman–Crippen LogP) is 3.08. The van der Waals surface area contributed by atoms with Gasteiger partial charge in [-0.1, -0.05) is 42.5 Å². The Morgan fingerprint density at radius 1 is 1.11 bits per heavy atom. The highest BCUT2D eigenvalue weighted by atomic mass is 15.2. The molecule has 1 aromatic heterocycles. The van der Waals surface area contributed by atoms with Crippen molar-refractivity contribution in [2.45, 2.75) is 25.2 Å². The molecule has 3 nitrogen and oxygen atoms in total. The highest BCUT2D eigenvalue weighted by Crippen LogP contribution is 2.47. The second-order valence-corrected chi connectivity index (χ2v) is 5.69. The van der Waals surface area contributed by atoms with E-state index in [1.54, 1.807) is 0 Å². The summed E-state index contributed by atoms with van der Waals surface area (Å²) < 4.78 is 0. The van der Waals surface area contributed by atoms with E-state index in [0.717, 1.165) is 24.0 Å². The van der Waals surface area contributed by atoms with Crippen LogP contribution in [0.25, 0.3) is 0 Å². The third-order valence-electron chi connectivity index (χ3n) is 4.37. The lowest BCUT2D eigenvalue weighted by atomic mass is 9.93. The molecule has 0 unspecified atom stereocenters. The highest BCUT2D eigenvalue weighted by molar-refractivity contribution is 5.21. The Bertz CT molecular complexity index is 599. The first-order chi connectivity index (χ1) is 9.38. The molecule has 0 saturated heterocycles. The van der Waals surface area contributed by atoms with E-state index in [0.29, 0.717) is 11.8 Å². The van der Waals surface area contributed by atoms with Gasteiger partial charge in [-0.05, 0) is 30.2 Å². The van der Waals surface area contributed by atoms with E-state index in [1.165, 1.54) is 18.4 Å². The number of aromatic nitrogens is 3. The Kier molecular flexibility index (Phi) is 2.50. The van der Waals surface area contributed by atoms with Gasteiger partial charge in [-0.25, -0.2) is 4.98 Å². The number of hydrogen-bond acceptors (Lipinski definition) is 2. The Labute approximate surface area is 112 Å². The van der Waals surface area contributed by atoms with Crippen LogP contribution in [0, 0.1) is 11.8 Å². The van der Waals surface area contributed by atoms with Crippen LogP contribution in [0.2, 0.25) is 0 Å². The van der Waals surface area contributed by atoms with Gasteiger partial charge in [0.25, 0.3) is 0 Å². The van der Waals surface area contributed by atoms with Gasteiger partial charge in [0.1, 0.15) is 5.82 Å². The van der Waals surface area contributed by atoms with Gasteiger partial charge < -0.3 is 0 Å². The maximum absolute atomic E-state index is 4.71. The van der Waals surface area contributed by atoms with Gasteiger partial charge in [-0.15, -0.1) is 0 Å². The van der Waals surface area contributed by atoms with Gasteiger partial charge in [-0.3, -0.25) is 5.10 Å². The fourth-order valence-corrected chi connectivity index (χ4v) is 3.42. The Hall–Kier alpha value is -1.90. The van der Waals surface area contributed by atoms with Crippen LogP contribution in [0.3, 0.4) is 0 Å². The molecular weight excluding hydrogens is 234 g/mol. The summed E-state index contributed by atoms with van der Waals surface area (Å²) in [4.78, 5) is 4.71. The number of H-pyrrole nitrogens is 1. The molecule has 1 saturated carbocycles. The summed E-state index contributed by atoms with van der Waals surface area (Å²) in [6.45, 7) is 0. The van der Waals surface area contributed by atoms with Crippen molar-refractivity contribution in [1.82, 2.24) is 15.2 Å². The minimum Gasteiger partial charge on any atom is -0.263 e. The summed E-state index contributed by atoms with van der Waals surface area (Å²) in [5.41, 5.74) is 1.28. The zero-order valence-electron chi connectivity index (χ0n) is 10.8. The zero-order chi connectivity index (χ0) is 12.7. The molecule has 1 heterocycles. The van der Waals surface area contributed by atoms with E-state index in [9.17, 15) is 0 Å². The van der Waals surface area contributed by atoms with E-state index in [-0.39, 0.29) is 0 Å². The number of allylic oxidation sites excluding steroid dienone is 2. The van der Waals surface area contributed by atoms with Crippen LogP contribution in [0.1, 0.15) is 36.0 Å². The predicted molar refractivity (Wildman–Crippen MR) is 73.7 cm³/mol. The smallest absolute Gasteiger partial charge is 0.154 e. The number of nitrogens with one attached hydrogen (secondary N) is 1. The molecule has 3 heteroatoms. The second kappa shape index (κ2) is 4.34. The first kappa shape index (κ1) is 11.0. The number of benzene rings is 1. The van der Waals surface area contributed by atoms with Gasteiger partial charge >= 0.3 is 0 Å². The van der Waals surface area contributed by atoms with Gasteiger partial charge in [-0.2, -0.15) is 5.10 Å². The summed E-state index contributed by atoms with van der Waals surface area (Å²) in [6.07, 6.45) is 8.08. The number of aromatic amines is 1. The molecule has 1 fully saturated rings. The van der Waals surface area contributed by atoms with E-state index < -0.39 is 0 Å². The lowest BCUT2D eigenvalue weighted by Crippen LogP contribution is -2.07. The molecule has 0 aliphatic heterocycles. The van der Waals surface area contributed by atoms with E-state index >= 15 is 0 Å². The van der Waals surface area contributed by atoms with Crippen molar-refractivity contribution in [2.75, 3.05) is 0 Å². The summed E-state index contributed by atoms with van der Waals surface area (Å²) in [5, 5.41) is 7.55. The van der Waals surface area contributed by atoms with Gasteiger partial charge in [0, 0.05) is 12.3 Å². The normalized spacial score (nSPS) is 28.1. The van der Waals surface area contributed by atoms with Crippen molar-refractivity contribution in [2.24, 2.45) is 11.8 Å². The molecule has 2 aliphatic carbocycles. The van der Waals surface area contributed by atoms with Crippen LogP contribution in [0.5, 0.6) is 0 Å². The number of hydrogen-bond donors (Lipinski definition) is 1. The van der Waals surface area contributed by atoms with Crippen LogP contribution >= 0.6 is 0 Å². The van der Waals surface area contributed by atoms with Crippen molar-refractivity contribution in [3.05, 3.63) is 59.7 Å². The molecule has 2 aliphatic rings. The second-order valence-electron chi connectivity index (χ2n) is 5.69. The molecule has 0 radical (unpaired) electrons. The average Bonchev–Trinajstić information content (AvgIpc) is 3.15. The number of fused-ring (bicyclic) bond motifs is 2. The Morgan fingerprint density at radius 2 is 2.00 bits per heavy atom. The number of nitrogens with zero attached hydrogens (tertiary/aromatic N) is 2. The van der Waals surface area contributed by atoms with Gasteiger partial charge in [0.2, 0.25) is 0 Å². The summed E-state index contributed by atoms with van der Waals surface area (Å²) >= 11 is 0. The summed E-state index contributed by atoms with van der Waals surface area (Å²) in [6, 6.07) is 10.4. The molecular formula is C16H17N3. The molecule has 1 aromatic carbocycles. The van der Waals surface area contributed by atoms with Crippen LogP contribution in [-0.4, -0.2) is 15.2 Å². The maximum atomic E-state index is 4.71. The first-order valence-corrected chi connectivity index (χ1v) is 7.02. The molecule has 2 aromatic rings. The Balaban J connectivity index is 1.52. The zero-order valence-corrected chi connectivity index (χ0v) is 10.8. The number of rotatable bonds is 3. The molecule has 0 amide bonds. The first-order valence-electron chi connectivity index (χ1n) is 7.02. The fourth-order valence-electron chi connectivity index (χ4n) is 3.42.